The van der Waals surface area contributed by atoms with Crippen LogP contribution in [0.5, 0.6) is 0 Å². The fourth-order valence-corrected chi connectivity index (χ4v) is 3.17. The van der Waals surface area contributed by atoms with Crippen molar-refractivity contribution < 1.29 is 9.59 Å². The number of halogens is 1. The Hall–Kier alpha value is -2.37. The highest BCUT2D eigenvalue weighted by Crippen LogP contribution is 2.38. The average Bonchev–Trinajstić information content (AvgIpc) is 3.42. The van der Waals surface area contributed by atoms with Crippen LogP contribution in [0.1, 0.15) is 35.7 Å². The number of carbonyl (C=O) groups excluding carboxylic acids is 2. The Bertz CT molecular complexity index is 797. The van der Waals surface area contributed by atoms with Crippen molar-refractivity contribution in [2.75, 3.05) is 18.4 Å². The summed E-state index contributed by atoms with van der Waals surface area (Å²) in [6.45, 7) is 3.74. The monoisotopic (exact) mass is 401 g/mol. The first-order chi connectivity index (χ1) is 13.1. The molecule has 0 aromatic heterocycles. The Morgan fingerprint density at radius 2 is 1.86 bits per heavy atom. The summed E-state index contributed by atoms with van der Waals surface area (Å²) >= 11 is 0. The molecule has 1 saturated carbocycles. The van der Waals surface area contributed by atoms with Gasteiger partial charge in [0.25, 0.3) is 5.91 Å². The van der Waals surface area contributed by atoms with Crippen molar-refractivity contribution in [3.05, 3.63) is 65.7 Å². The van der Waals surface area contributed by atoms with Gasteiger partial charge in [0, 0.05) is 30.3 Å². The second-order valence-electron chi connectivity index (χ2n) is 7.24. The zero-order valence-corrected chi connectivity index (χ0v) is 17.0. The van der Waals surface area contributed by atoms with Crippen LogP contribution in [-0.2, 0) is 11.3 Å². The van der Waals surface area contributed by atoms with Gasteiger partial charge in [0.2, 0.25) is 5.91 Å². The molecule has 3 N–H and O–H groups in total. The number of hydrogen-bond donors (Lipinski definition) is 2. The molecule has 0 spiro atoms. The molecule has 0 aliphatic heterocycles. The third-order valence-corrected chi connectivity index (χ3v) is 4.96. The van der Waals surface area contributed by atoms with Crippen LogP contribution in [0.4, 0.5) is 5.69 Å². The van der Waals surface area contributed by atoms with E-state index in [0.717, 1.165) is 18.4 Å². The standard InChI is InChI=1S/C22H27N3O2.ClH/c1-16-13-20(16)21(26)24-19-10-5-9-18(14-19)22(27)25(12-6-11-23)15-17-7-3-2-4-8-17;/h2-5,7-10,14,16,20H,6,11-13,15,23H2,1H3,(H,24,26);1H. The van der Waals surface area contributed by atoms with Crippen LogP contribution in [0.15, 0.2) is 54.6 Å². The Labute approximate surface area is 172 Å². The molecule has 3 rings (SSSR count). The average molecular weight is 402 g/mol. The van der Waals surface area contributed by atoms with Crippen molar-refractivity contribution in [3.63, 3.8) is 0 Å². The summed E-state index contributed by atoms with van der Waals surface area (Å²) < 4.78 is 0. The number of hydrogen-bond acceptors (Lipinski definition) is 3. The van der Waals surface area contributed by atoms with Gasteiger partial charge in [-0.25, -0.2) is 0 Å². The van der Waals surface area contributed by atoms with Crippen LogP contribution in [0.25, 0.3) is 0 Å². The molecule has 5 nitrogen and oxygen atoms in total. The second-order valence-corrected chi connectivity index (χ2v) is 7.24. The van der Waals surface area contributed by atoms with Gasteiger partial charge in [-0.15, -0.1) is 12.4 Å². The first-order valence-electron chi connectivity index (χ1n) is 9.52. The first kappa shape index (κ1) is 21.9. The second kappa shape index (κ2) is 10.2. The minimum Gasteiger partial charge on any atom is -0.334 e. The summed E-state index contributed by atoms with van der Waals surface area (Å²) in [5.41, 5.74) is 7.97. The maximum atomic E-state index is 13.1. The molecule has 2 amide bonds. The lowest BCUT2D eigenvalue weighted by molar-refractivity contribution is -0.117. The smallest absolute Gasteiger partial charge is 0.254 e. The lowest BCUT2D eigenvalue weighted by Crippen LogP contribution is -2.32. The fraction of sp³-hybridized carbons (Fsp3) is 0.364. The van der Waals surface area contributed by atoms with Gasteiger partial charge in [0.1, 0.15) is 0 Å². The van der Waals surface area contributed by atoms with Crippen molar-refractivity contribution in [2.45, 2.75) is 26.3 Å². The van der Waals surface area contributed by atoms with E-state index in [-0.39, 0.29) is 30.1 Å². The van der Waals surface area contributed by atoms with Crippen molar-refractivity contribution in [1.82, 2.24) is 4.90 Å². The fourth-order valence-electron chi connectivity index (χ4n) is 3.17. The zero-order valence-electron chi connectivity index (χ0n) is 16.1. The third kappa shape index (κ3) is 5.81. The summed E-state index contributed by atoms with van der Waals surface area (Å²) in [6, 6.07) is 17.1. The molecule has 2 unspecified atom stereocenters. The van der Waals surface area contributed by atoms with Gasteiger partial charge in [0.05, 0.1) is 0 Å². The van der Waals surface area contributed by atoms with Gasteiger partial charge in [-0.3, -0.25) is 9.59 Å². The number of carbonyl (C=O) groups is 2. The number of amides is 2. The highest BCUT2D eigenvalue weighted by Gasteiger charge is 2.39. The summed E-state index contributed by atoms with van der Waals surface area (Å²) in [4.78, 5) is 27.0. The Kier molecular flexibility index (Phi) is 8.03. The van der Waals surface area contributed by atoms with E-state index in [2.05, 4.69) is 12.2 Å². The van der Waals surface area contributed by atoms with E-state index in [1.165, 1.54) is 0 Å². The van der Waals surface area contributed by atoms with Gasteiger partial charge >= 0.3 is 0 Å². The van der Waals surface area contributed by atoms with E-state index < -0.39 is 0 Å². The van der Waals surface area contributed by atoms with Crippen LogP contribution in [-0.4, -0.2) is 29.8 Å². The van der Waals surface area contributed by atoms with E-state index in [9.17, 15) is 9.59 Å². The molecule has 1 aliphatic rings. The lowest BCUT2D eigenvalue weighted by Gasteiger charge is -2.23. The lowest BCUT2D eigenvalue weighted by atomic mass is 10.1. The predicted molar refractivity (Wildman–Crippen MR) is 114 cm³/mol. The molecule has 2 aromatic carbocycles. The number of nitrogens with one attached hydrogen (secondary N) is 1. The van der Waals surface area contributed by atoms with Gasteiger partial charge in [-0.05, 0) is 49.1 Å². The SMILES string of the molecule is CC1CC1C(=O)Nc1cccc(C(=O)N(CCCN)Cc2ccccc2)c1.Cl. The number of anilines is 1. The zero-order chi connectivity index (χ0) is 19.2. The summed E-state index contributed by atoms with van der Waals surface area (Å²) in [6.07, 6.45) is 1.68. The summed E-state index contributed by atoms with van der Waals surface area (Å²) in [5.74, 6) is 0.537. The third-order valence-electron chi connectivity index (χ3n) is 4.96. The maximum absolute atomic E-state index is 13.1. The van der Waals surface area contributed by atoms with E-state index >= 15 is 0 Å². The summed E-state index contributed by atoms with van der Waals surface area (Å²) in [5, 5.41) is 2.93. The highest BCUT2D eigenvalue weighted by molar-refractivity contribution is 5.98. The topological polar surface area (TPSA) is 75.4 Å². The van der Waals surface area contributed by atoms with Crippen molar-refractivity contribution >= 4 is 29.9 Å². The molecule has 1 fully saturated rings. The molecule has 2 aromatic rings. The minimum atomic E-state index is -0.0526. The molecular weight excluding hydrogens is 374 g/mol. The van der Waals surface area contributed by atoms with E-state index in [1.807, 2.05) is 47.4 Å². The quantitative estimate of drug-likeness (QED) is 0.708. The molecule has 0 saturated heterocycles. The van der Waals surface area contributed by atoms with Gasteiger partial charge in [-0.1, -0.05) is 43.3 Å². The number of nitrogens with zero attached hydrogens (tertiary/aromatic N) is 1. The number of nitrogens with two attached hydrogens (primary N) is 1. The van der Waals surface area contributed by atoms with Crippen molar-refractivity contribution in [2.24, 2.45) is 17.6 Å². The Morgan fingerprint density at radius 3 is 2.50 bits per heavy atom. The molecule has 0 radical (unpaired) electrons. The van der Waals surface area contributed by atoms with Gasteiger partial charge < -0.3 is 16.0 Å². The first-order valence-corrected chi connectivity index (χ1v) is 9.52. The summed E-state index contributed by atoms with van der Waals surface area (Å²) in [7, 11) is 0. The highest BCUT2D eigenvalue weighted by atomic mass is 35.5. The van der Waals surface area contributed by atoms with Crippen LogP contribution < -0.4 is 11.1 Å². The largest absolute Gasteiger partial charge is 0.334 e. The maximum Gasteiger partial charge on any atom is 0.254 e. The Balaban J connectivity index is 0.00000280. The van der Waals surface area contributed by atoms with Gasteiger partial charge in [0.15, 0.2) is 0 Å². The molecule has 1 aliphatic carbocycles. The van der Waals surface area contributed by atoms with Crippen LogP contribution in [0.2, 0.25) is 0 Å². The van der Waals surface area contributed by atoms with Crippen LogP contribution >= 0.6 is 12.4 Å². The molecule has 150 valence electrons. The molecular formula is C22H28ClN3O2. The van der Waals surface area contributed by atoms with E-state index in [0.29, 0.717) is 36.8 Å². The van der Waals surface area contributed by atoms with Crippen LogP contribution in [0.3, 0.4) is 0 Å². The van der Waals surface area contributed by atoms with Crippen LogP contribution in [0, 0.1) is 11.8 Å². The predicted octanol–water partition coefficient (Wildman–Crippen LogP) is 3.69. The molecule has 2 atom stereocenters. The molecule has 6 heteroatoms. The minimum absolute atomic E-state index is 0. The normalized spacial score (nSPS) is 17.4. The Morgan fingerprint density at radius 1 is 1.14 bits per heavy atom. The van der Waals surface area contributed by atoms with Crippen molar-refractivity contribution in [1.29, 1.82) is 0 Å². The van der Waals surface area contributed by atoms with E-state index in [4.69, 9.17) is 5.73 Å². The van der Waals surface area contributed by atoms with E-state index in [1.54, 1.807) is 12.1 Å². The molecule has 0 bridgehead atoms. The van der Waals surface area contributed by atoms with Gasteiger partial charge in [-0.2, -0.15) is 0 Å². The number of benzene rings is 2. The number of rotatable bonds is 8. The molecule has 0 heterocycles. The van der Waals surface area contributed by atoms with Crippen molar-refractivity contribution in [3.8, 4) is 0 Å². The molecule has 28 heavy (non-hydrogen) atoms.